The second-order valence-corrected chi connectivity index (χ2v) is 10.5. The minimum Gasteiger partial charge on any atom is -0.458 e. The summed E-state index contributed by atoms with van der Waals surface area (Å²) in [5.41, 5.74) is 4.74. The fourth-order valence-electron chi connectivity index (χ4n) is 3.93. The highest BCUT2D eigenvalue weighted by molar-refractivity contribution is 5.92. The third kappa shape index (κ3) is 4.84. The van der Waals surface area contributed by atoms with Crippen LogP contribution in [-0.2, 0) is 19.1 Å². The Morgan fingerprint density at radius 2 is 1.74 bits per heavy atom. The van der Waals surface area contributed by atoms with Crippen LogP contribution in [0.15, 0.2) is 30.3 Å². The standard InChI is InChI=1S/C23H33N3O5/c1-21(2,3)17(24)18(27)26-14-23(12-16(26)19(28)30-22(4,5)6)13-25(20(29)31-23)15-10-8-7-9-11-15/h7-11,16-17H,12-14,24H2,1-6H3/t16-,17+,23+/m0/s1. The first kappa shape index (κ1) is 23.1. The maximum absolute atomic E-state index is 13.3. The number of ether oxygens (including phenoxy) is 2. The Balaban J connectivity index is 1.90. The summed E-state index contributed by atoms with van der Waals surface area (Å²) in [5, 5.41) is 0. The maximum Gasteiger partial charge on any atom is 0.415 e. The van der Waals surface area contributed by atoms with Gasteiger partial charge in [-0.15, -0.1) is 0 Å². The zero-order valence-corrected chi connectivity index (χ0v) is 19.2. The quantitative estimate of drug-likeness (QED) is 0.739. The van der Waals surface area contributed by atoms with Gasteiger partial charge < -0.3 is 20.1 Å². The predicted molar refractivity (Wildman–Crippen MR) is 116 cm³/mol. The van der Waals surface area contributed by atoms with Crippen LogP contribution in [-0.4, -0.2) is 59.2 Å². The van der Waals surface area contributed by atoms with E-state index in [1.165, 1.54) is 9.80 Å². The monoisotopic (exact) mass is 431 g/mol. The van der Waals surface area contributed by atoms with Crippen LogP contribution >= 0.6 is 0 Å². The SMILES string of the molecule is CC(C)(C)OC(=O)[C@@H]1C[C@@]2(CN(c3ccccc3)C(=O)O2)CN1C(=O)[C@@H](N)C(C)(C)C. The summed E-state index contributed by atoms with van der Waals surface area (Å²) in [4.78, 5) is 41.9. The summed E-state index contributed by atoms with van der Waals surface area (Å²) in [6.07, 6.45) is -0.330. The second-order valence-electron chi connectivity index (χ2n) is 10.5. The zero-order chi connectivity index (χ0) is 23.2. The summed E-state index contributed by atoms with van der Waals surface area (Å²) in [6.45, 7) is 11.3. The summed E-state index contributed by atoms with van der Waals surface area (Å²) < 4.78 is 11.4. The number of hydrogen-bond acceptors (Lipinski definition) is 6. The van der Waals surface area contributed by atoms with Crippen LogP contribution < -0.4 is 10.6 Å². The number of para-hydroxylation sites is 1. The number of carbonyl (C=O) groups is 3. The fourth-order valence-corrected chi connectivity index (χ4v) is 3.93. The molecule has 0 aliphatic carbocycles. The van der Waals surface area contributed by atoms with Gasteiger partial charge in [0.05, 0.1) is 19.1 Å². The van der Waals surface area contributed by atoms with Gasteiger partial charge in [-0.1, -0.05) is 39.0 Å². The predicted octanol–water partition coefficient (Wildman–Crippen LogP) is 2.70. The molecule has 0 radical (unpaired) electrons. The third-order valence-corrected chi connectivity index (χ3v) is 5.60. The van der Waals surface area contributed by atoms with Gasteiger partial charge in [-0.25, -0.2) is 9.59 Å². The number of anilines is 1. The van der Waals surface area contributed by atoms with Gasteiger partial charge in [0.1, 0.15) is 11.6 Å². The average molecular weight is 432 g/mol. The molecule has 2 aliphatic rings. The maximum atomic E-state index is 13.3. The molecule has 8 heteroatoms. The molecule has 2 amide bonds. The van der Waals surface area contributed by atoms with Crippen LogP contribution in [0.1, 0.15) is 48.0 Å². The molecule has 170 valence electrons. The molecule has 31 heavy (non-hydrogen) atoms. The Kier molecular flexibility index (Phi) is 5.82. The second kappa shape index (κ2) is 7.82. The molecular weight excluding hydrogens is 398 g/mol. The van der Waals surface area contributed by atoms with Crippen molar-refractivity contribution in [2.24, 2.45) is 11.1 Å². The van der Waals surface area contributed by atoms with Gasteiger partial charge in [-0.2, -0.15) is 0 Å². The van der Waals surface area contributed by atoms with E-state index in [2.05, 4.69) is 0 Å². The number of nitrogens with zero attached hydrogens (tertiary/aromatic N) is 2. The first-order valence-corrected chi connectivity index (χ1v) is 10.6. The number of likely N-dealkylation sites (tertiary alicyclic amines) is 1. The third-order valence-electron chi connectivity index (χ3n) is 5.60. The van der Waals surface area contributed by atoms with Crippen LogP contribution in [0.2, 0.25) is 0 Å². The van der Waals surface area contributed by atoms with Crippen molar-refractivity contribution in [2.45, 2.75) is 71.2 Å². The molecule has 2 fully saturated rings. The van der Waals surface area contributed by atoms with E-state index in [0.717, 1.165) is 0 Å². The molecule has 3 rings (SSSR count). The molecule has 8 nitrogen and oxygen atoms in total. The lowest BCUT2D eigenvalue weighted by atomic mass is 9.86. The number of amides is 2. The highest BCUT2D eigenvalue weighted by atomic mass is 16.6. The number of carbonyl (C=O) groups excluding carboxylic acids is 3. The van der Waals surface area contributed by atoms with Crippen LogP contribution in [0.4, 0.5) is 10.5 Å². The summed E-state index contributed by atoms with van der Waals surface area (Å²) in [5.74, 6) is -0.873. The Morgan fingerprint density at radius 1 is 1.13 bits per heavy atom. The van der Waals surface area contributed by atoms with Crippen molar-refractivity contribution >= 4 is 23.7 Å². The number of esters is 1. The van der Waals surface area contributed by atoms with Gasteiger partial charge >= 0.3 is 12.1 Å². The fraction of sp³-hybridized carbons (Fsp3) is 0.609. The Hall–Kier alpha value is -2.61. The lowest BCUT2D eigenvalue weighted by molar-refractivity contribution is -0.163. The van der Waals surface area contributed by atoms with Gasteiger partial charge in [-0.3, -0.25) is 9.69 Å². The molecule has 2 heterocycles. The largest absolute Gasteiger partial charge is 0.458 e. The van der Waals surface area contributed by atoms with Crippen LogP contribution in [0.5, 0.6) is 0 Å². The number of rotatable bonds is 3. The van der Waals surface area contributed by atoms with E-state index in [1.54, 1.807) is 20.8 Å². The van der Waals surface area contributed by atoms with E-state index in [-0.39, 0.29) is 25.4 Å². The van der Waals surface area contributed by atoms with Crippen molar-refractivity contribution in [1.82, 2.24) is 4.90 Å². The lowest BCUT2D eigenvalue weighted by Crippen LogP contribution is -2.54. The molecule has 1 spiro atoms. The molecular formula is C23H33N3O5. The first-order chi connectivity index (χ1) is 14.2. The van der Waals surface area contributed by atoms with E-state index in [0.29, 0.717) is 5.69 Å². The Morgan fingerprint density at radius 3 is 2.29 bits per heavy atom. The van der Waals surface area contributed by atoms with E-state index >= 15 is 0 Å². The molecule has 2 N–H and O–H groups in total. The molecule has 0 aromatic heterocycles. The van der Waals surface area contributed by atoms with E-state index in [1.807, 2.05) is 51.1 Å². The van der Waals surface area contributed by atoms with E-state index in [9.17, 15) is 14.4 Å². The smallest absolute Gasteiger partial charge is 0.415 e. The molecule has 0 unspecified atom stereocenters. The molecule has 0 bridgehead atoms. The van der Waals surface area contributed by atoms with Crippen molar-refractivity contribution in [3.8, 4) is 0 Å². The lowest BCUT2D eigenvalue weighted by Gasteiger charge is -2.33. The summed E-state index contributed by atoms with van der Waals surface area (Å²) >= 11 is 0. The first-order valence-electron chi connectivity index (χ1n) is 10.6. The van der Waals surface area contributed by atoms with Gasteiger partial charge in [0.25, 0.3) is 0 Å². The molecule has 2 aliphatic heterocycles. The topological polar surface area (TPSA) is 102 Å². The van der Waals surface area contributed by atoms with Crippen LogP contribution in [0.3, 0.4) is 0 Å². The summed E-state index contributed by atoms with van der Waals surface area (Å²) in [7, 11) is 0. The van der Waals surface area contributed by atoms with E-state index in [4.69, 9.17) is 15.2 Å². The Labute approximate surface area is 183 Å². The van der Waals surface area contributed by atoms with Gasteiger partial charge in [-0.05, 0) is 38.3 Å². The average Bonchev–Trinajstić information content (AvgIpc) is 3.19. The molecule has 1 aromatic rings. The minimum absolute atomic E-state index is 0.0919. The van der Waals surface area contributed by atoms with Crippen molar-refractivity contribution in [3.05, 3.63) is 30.3 Å². The van der Waals surface area contributed by atoms with Crippen molar-refractivity contribution < 1.29 is 23.9 Å². The normalized spacial score (nSPS) is 25.0. The molecule has 2 saturated heterocycles. The van der Waals surface area contributed by atoms with Crippen molar-refractivity contribution in [2.75, 3.05) is 18.0 Å². The zero-order valence-electron chi connectivity index (χ0n) is 19.2. The summed E-state index contributed by atoms with van der Waals surface area (Å²) in [6, 6.07) is 7.49. The number of nitrogens with two attached hydrogens (primary N) is 1. The molecule has 1 aromatic carbocycles. The Bertz CT molecular complexity index is 858. The molecule has 3 atom stereocenters. The highest BCUT2D eigenvalue weighted by Gasteiger charge is 2.58. The molecule has 0 saturated carbocycles. The van der Waals surface area contributed by atoms with Crippen molar-refractivity contribution in [1.29, 1.82) is 0 Å². The number of hydrogen-bond donors (Lipinski definition) is 1. The minimum atomic E-state index is -0.998. The highest BCUT2D eigenvalue weighted by Crippen LogP contribution is 2.39. The number of benzene rings is 1. The van der Waals surface area contributed by atoms with Gasteiger partial charge in [0.2, 0.25) is 5.91 Å². The van der Waals surface area contributed by atoms with Gasteiger partial charge in [0.15, 0.2) is 5.60 Å². The van der Waals surface area contributed by atoms with Gasteiger partial charge in [0, 0.05) is 12.1 Å². The van der Waals surface area contributed by atoms with Crippen LogP contribution in [0.25, 0.3) is 0 Å². The van der Waals surface area contributed by atoms with Crippen LogP contribution in [0, 0.1) is 5.41 Å². The van der Waals surface area contributed by atoms with Crippen molar-refractivity contribution in [3.63, 3.8) is 0 Å². The van der Waals surface area contributed by atoms with E-state index < -0.39 is 40.8 Å².